The fourth-order valence-electron chi connectivity index (χ4n) is 2.58. The number of ether oxygens (including phenoxy) is 1. The van der Waals surface area contributed by atoms with Crippen molar-refractivity contribution in [3.05, 3.63) is 52.7 Å². The number of aromatic nitrogens is 2. The molecule has 0 aliphatic rings. The number of hydrogen-bond donors (Lipinski definition) is 3. The first-order chi connectivity index (χ1) is 13.3. The van der Waals surface area contributed by atoms with Gasteiger partial charge < -0.3 is 15.5 Å². The van der Waals surface area contributed by atoms with Gasteiger partial charge in [-0.3, -0.25) is 14.9 Å². The van der Waals surface area contributed by atoms with Crippen molar-refractivity contribution in [2.75, 3.05) is 11.9 Å². The molecule has 0 radical (unpaired) electrons. The molecule has 0 fully saturated rings. The number of amides is 2. The Kier molecular flexibility index (Phi) is 5.79. The van der Waals surface area contributed by atoms with Gasteiger partial charge in [-0.15, -0.1) is 11.3 Å². The molecular formula is C20H22N4O3S. The molecule has 3 rings (SSSR count). The Morgan fingerprint density at radius 2 is 2.11 bits per heavy atom. The highest BCUT2D eigenvalue weighted by Gasteiger charge is 2.12. The van der Waals surface area contributed by atoms with E-state index >= 15 is 0 Å². The van der Waals surface area contributed by atoms with Crippen molar-refractivity contribution in [3.63, 3.8) is 0 Å². The lowest BCUT2D eigenvalue weighted by Crippen LogP contribution is -2.20. The van der Waals surface area contributed by atoms with E-state index in [9.17, 15) is 9.59 Å². The molecule has 0 bridgehead atoms. The normalized spacial score (nSPS) is 10.9. The molecule has 1 aromatic carbocycles. The zero-order valence-corrected chi connectivity index (χ0v) is 16.7. The number of anilines is 1. The van der Waals surface area contributed by atoms with E-state index in [1.807, 2.05) is 19.1 Å². The number of primary amides is 1. The Bertz CT molecular complexity index is 1010. The second kappa shape index (κ2) is 8.26. The summed E-state index contributed by atoms with van der Waals surface area (Å²) in [4.78, 5) is 30.5. The number of carbonyl (C=O) groups excluding carboxylic acids is 2. The number of aromatic amines is 1. The van der Waals surface area contributed by atoms with Gasteiger partial charge in [-0.2, -0.15) is 0 Å². The first-order valence-corrected chi connectivity index (χ1v) is 9.68. The van der Waals surface area contributed by atoms with Crippen LogP contribution in [-0.2, 0) is 4.79 Å². The molecule has 0 unspecified atom stereocenters. The summed E-state index contributed by atoms with van der Waals surface area (Å²) >= 11 is 1.29. The summed E-state index contributed by atoms with van der Waals surface area (Å²) in [5.74, 6) is 0.257. The van der Waals surface area contributed by atoms with E-state index in [0.29, 0.717) is 28.2 Å². The molecule has 0 aliphatic carbocycles. The molecule has 28 heavy (non-hydrogen) atoms. The van der Waals surface area contributed by atoms with E-state index in [2.05, 4.69) is 35.2 Å². The first-order valence-electron chi connectivity index (χ1n) is 8.81. The molecule has 8 heteroatoms. The summed E-state index contributed by atoms with van der Waals surface area (Å²) in [6.07, 6.45) is 1.65. The third-order valence-corrected chi connectivity index (χ3v) is 4.99. The minimum absolute atomic E-state index is 0.104. The second-order valence-electron chi connectivity index (χ2n) is 6.72. The smallest absolute Gasteiger partial charge is 0.265 e. The van der Waals surface area contributed by atoms with E-state index in [4.69, 9.17) is 10.5 Å². The second-order valence-corrected chi connectivity index (χ2v) is 7.58. The summed E-state index contributed by atoms with van der Waals surface area (Å²) in [5.41, 5.74) is 9.05. The molecule has 146 valence electrons. The van der Waals surface area contributed by atoms with E-state index in [-0.39, 0.29) is 12.5 Å². The van der Waals surface area contributed by atoms with Gasteiger partial charge in [-0.05, 0) is 36.1 Å². The van der Waals surface area contributed by atoms with Gasteiger partial charge >= 0.3 is 0 Å². The molecule has 2 heterocycles. The van der Waals surface area contributed by atoms with Gasteiger partial charge in [0.15, 0.2) is 11.7 Å². The quantitative estimate of drug-likeness (QED) is 0.564. The highest BCUT2D eigenvalue weighted by Crippen LogP contribution is 2.26. The minimum atomic E-state index is -0.538. The van der Waals surface area contributed by atoms with Crippen LogP contribution in [0.1, 0.15) is 41.4 Å². The number of aryl methyl sites for hydroxylation is 1. The molecule has 3 aromatic rings. The summed E-state index contributed by atoms with van der Waals surface area (Å²) in [7, 11) is 0. The average Bonchev–Trinajstić information content (AvgIpc) is 3.30. The Morgan fingerprint density at radius 1 is 1.32 bits per heavy atom. The maximum absolute atomic E-state index is 12.2. The van der Waals surface area contributed by atoms with E-state index in [0.717, 1.165) is 16.7 Å². The number of carbonyl (C=O) groups is 2. The van der Waals surface area contributed by atoms with Crippen LogP contribution in [0.5, 0.6) is 5.75 Å². The van der Waals surface area contributed by atoms with Crippen LogP contribution in [0.25, 0.3) is 11.3 Å². The Labute approximate surface area is 166 Å². The maximum Gasteiger partial charge on any atom is 0.265 e. The van der Waals surface area contributed by atoms with Crippen LogP contribution in [0, 0.1) is 6.92 Å². The van der Waals surface area contributed by atoms with Gasteiger partial charge in [0.1, 0.15) is 11.4 Å². The number of nitrogens with two attached hydrogens (primary N) is 1. The molecule has 0 atom stereocenters. The number of benzene rings is 1. The van der Waals surface area contributed by atoms with Crippen LogP contribution < -0.4 is 15.8 Å². The average molecular weight is 398 g/mol. The van der Waals surface area contributed by atoms with Crippen molar-refractivity contribution in [2.24, 2.45) is 5.73 Å². The number of nitrogens with zero attached hydrogens (tertiary/aromatic N) is 1. The Morgan fingerprint density at radius 3 is 2.79 bits per heavy atom. The molecule has 7 nitrogen and oxygen atoms in total. The van der Waals surface area contributed by atoms with E-state index < -0.39 is 5.91 Å². The molecule has 2 aromatic heterocycles. The lowest BCUT2D eigenvalue weighted by atomic mass is 10.0. The topological polar surface area (TPSA) is 110 Å². The maximum atomic E-state index is 12.2. The number of hydrogen-bond acceptors (Lipinski definition) is 5. The third kappa shape index (κ3) is 4.58. The van der Waals surface area contributed by atoms with Gasteiger partial charge in [-0.1, -0.05) is 26.0 Å². The first kappa shape index (κ1) is 19.6. The van der Waals surface area contributed by atoms with Crippen molar-refractivity contribution in [1.82, 2.24) is 9.97 Å². The summed E-state index contributed by atoms with van der Waals surface area (Å²) in [6.45, 7) is 6.06. The van der Waals surface area contributed by atoms with Crippen molar-refractivity contribution < 1.29 is 14.3 Å². The van der Waals surface area contributed by atoms with Crippen LogP contribution in [-0.4, -0.2) is 28.4 Å². The fourth-order valence-corrected chi connectivity index (χ4v) is 3.31. The SMILES string of the molecule is Cc1ccc(C(C)C)cc1OCC(=O)Nc1nc(-c2c[nH]c(C(N)=O)c2)cs1. The van der Waals surface area contributed by atoms with Gasteiger partial charge in [0.25, 0.3) is 11.8 Å². The van der Waals surface area contributed by atoms with Crippen LogP contribution in [0.3, 0.4) is 0 Å². The number of rotatable bonds is 7. The van der Waals surface area contributed by atoms with Crippen LogP contribution in [0.4, 0.5) is 5.13 Å². The fraction of sp³-hybridized carbons (Fsp3) is 0.250. The molecule has 0 saturated heterocycles. The van der Waals surface area contributed by atoms with Crippen molar-refractivity contribution in [1.29, 1.82) is 0 Å². The molecular weight excluding hydrogens is 376 g/mol. The summed E-state index contributed by atoms with van der Waals surface area (Å²) in [6, 6.07) is 7.65. The minimum Gasteiger partial charge on any atom is -0.483 e. The zero-order chi connectivity index (χ0) is 20.3. The van der Waals surface area contributed by atoms with Crippen LogP contribution in [0.2, 0.25) is 0 Å². The largest absolute Gasteiger partial charge is 0.483 e. The monoisotopic (exact) mass is 398 g/mol. The zero-order valence-electron chi connectivity index (χ0n) is 15.9. The van der Waals surface area contributed by atoms with Crippen molar-refractivity contribution in [2.45, 2.75) is 26.7 Å². The molecule has 0 saturated carbocycles. The predicted octanol–water partition coefficient (Wildman–Crippen LogP) is 3.69. The summed E-state index contributed by atoms with van der Waals surface area (Å²) in [5, 5.41) is 4.98. The van der Waals surface area contributed by atoms with E-state index in [1.54, 1.807) is 17.6 Å². The standard InChI is InChI=1S/C20H22N4O3S/c1-11(2)13-5-4-12(3)17(7-13)27-9-18(25)24-20-23-16(10-28-20)14-6-15(19(21)26)22-8-14/h4-8,10-11,22H,9H2,1-3H3,(H2,21,26)(H,23,24,25). The Hall–Kier alpha value is -3.13. The lowest BCUT2D eigenvalue weighted by molar-refractivity contribution is -0.118. The molecule has 4 N–H and O–H groups in total. The highest BCUT2D eigenvalue weighted by atomic mass is 32.1. The lowest BCUT2D eigenvalue weighted by Gasteiger charge is -2.12. The van der Waals surface area contributed by atoms with Crippen LogP contribution >= 0.6 is 11.3 Å². The highest BCUT2D eigenvalue weighted by molar-refractivity contribution is 7.14. The van der Waals surface area contributed by atoms with Crippen molar-refractivity contribution >= 4 is 28.3 Å². The summed E-state index contributed by atoms with van der Waals surface area (Å²) < 4.78 is 5.69. The number of nitrogens with one attached hydrogen (secondary N) is 2. The molecule has 0 aliphatic heterocycles. The number of thiazole rings is 1. The number of H-pyrrole nitrogens is 1. The van der Waals surface area contributed by atoms with Crippen molar-refractivity contribution in [3.8, 4) is 17.0 Å². The predicted molar refractivity (Wildman–Crippen MR) is 110 cm³/mol. The third-order valence-electron chi connectivity index (χ3n) is 4.23. The molecule has 0 spiro atoms. The van der Waals surface area contributed by atoms with Gasteiger partial charge in [0.2, 0.25) is 0 Å². The molecule has 2 amide bonds. The van der Waals surface area contributed by atoms with E-state index in [1.165, 1.54) is 11.3 Å². The van der Waals surface area contributed by atoms with Crippen LogP contribution in [0.15, 0.2) is 35.8 Å². The van der Waals surface area contributed by atoms with Gasteiger partial charge in [0.05, 0.1) is 5.69 Å². The van der Waals surface area contributed by atoms with Gasteiger partial charge in [0, 0.05) is 17.1 Å². The Balaban J connectivity index is 1.60. The van der Waals surface area contributed by atoms with Gasteiger partial charge in [-0.25, -0.2) is 4.98 Å².